The molecule has 0 fully saturated rings. The van der Waals surface area contributed by atoms with Crippen molar-refractivity contribution in [2.45, 2.75) is 10.3 Å². The molecule has 0 aromatic carbocycles. The average Bonchev–Trinajstić information content (AvgIpc) is 2.37. The van der Waals surface area contributed by atoms with Gasteiger partial charge >= 0.3 is 11.1 Å². The maximum absolute atomic E-state index is 11.2. The number of aryl methyl sites for hydroxylation is 2. The van der Waals surface area contributed by atoms with Gasteiger partial charge in [0.1, 0.15) is 0 Å². The van der Waals surface area contributed by atoms with Gasteiger partial charge in [-0.25, -0.2) is 9.36 Å². The van der Waals surface area contributed by atoms with Crippen molar-refractivity contribution < 1.29 is 10.2 Å². The molecule has 2 aromatic heterocycles. The van der Waals surface area contributed by atoms with Crippen LogP contribution in [0.2, 0.25) is 0 Å². The zero-order valence-corrected chi connectivity index (χ0v) is 11.8. The van der Waals surface area contributed by atoms with Crippen molar-refractivity contribution in [3.8, 4) is 11.8 Å². The first-order valence-electron chi connectivity index (χ1n) is 5.01. The number of hydrogen-bond acceptors (Lipinski definition) is 10. The van der Waals surface area contributed by atoms with Gasteiger partial charge in [0, 0.05) is 14.1 Å². The molecule has 2 aromatic rings. The zero-order chi connectivity index (χ0) is 14.9. The summed E-state index contributed by atoms with van der Waals surface area (Å²) in [5, 5.41) is 25.7. The molecule has 106 valence electrons. The predicted octanol–water partition coefficient (Wildman–Crippen LogP) is -1.13. The fourth-order valence-electron chi connectivity index (χ4n) is 1.09. The van der Waals surface area contributed by atoms with Crippen LogP contribution >= 0.6 is 21.6 Å². The minimum absolute atomic E-state index is 0.208. The van der Waals surface area contributed by atoms with Crippen molar-refractivity contribution in [2.24, 2.45) is 14.1 Å². The lowest BCUT2D eigenvalue weighted by atomic mass is 10.8. The van der Waals surface area contributed by atoms with E-state index in [4.69, 9.17) is 10.2 Å². The van der Waals surface area contributed by atoms with E-state index in [2.05, 4.69) is 20.2 Å². The SMILES string of the molecule is Cn1nc(O)c(=O)nc1SSc1nc(=O)c(O)nn1C. The maximum atomic E-state index is 11.2. The number of hydrogen-bond donors (Lipinski definition) is 2. The van der Waals surface area contributed by atoms with Crippen LogP contribution in [0, 0.1) is 0 Å². The van der Waals surface area contributed by atoms with E-state index in [0.29, 0.717) is 0 Å². The lowest BCUT2D eigenvalue weighted by molar-refractivity contribution is 0.406. The molecular weight excluding hydrogens is 308 g/mol. The third kappa shape index (κ3) is 2.91. The van der Waals surface area contributed by atoms with Crippen LogP contribution in [0.3, 0.4) is 0 Å². The Morgan fingerprint density at radius 1 is 0.850 bits per heavy atom. The number of aromatic nitrogens is 6. The zero-order valence-electron chi connectivity index (χ0n) is 10.2. The van der Waals surface area contributed by atoms with Crippen LogP contribution in [-0.2, 0) is 14.1 Å². The smallest absolute Gasteiger partial charge is 0.336 e. The van der Waals surface area contributed by atoms with Crippen molar-refractivity contribution in [1.82, 2.24) is 29.5 Å². The molecule has 0 unspecified atom stereocenters. The summed E-state index contributed by atoms with van der Waals surface area (Å²) < 4.78 is 2.42. The summed E-state index contributed by atoms with van der Waals surface area (Å²) in [7, 11) is 5.00. The van der Waals surface area contributed by atoms with Crippen LogP contribution in [-0.4, -0.2) is 39.7 Å². The second kappa shape index (κ2) is 5.50. The summed E-state index contributed by atoms with van der Waals surface area (Å²) in [5.74, 6) is -1.39. The highest BCUT2D eigenvalue weighted by Gasteiger charge is 2.12. The Balaban J connectivity index is 2.25. The first-order valence-corrected chi connectivity index (χ1v) is 7.16. The molecule has 2 rings (SSSR count). The molecule has 0 bridgehead atoms. The van der Waals surface area contributed by atoms with E-state index in [-0.39, 0.29) is 10.3 Å². The van der Waals surface area contributed by atoms with Gasteiger partial charge in [0.2, 0.25) is 0 Å². The quantitative estimate of drug-likeness (QED) is 0.669. The minimum Gasteiger partial charge on any atom is -0.488 e. The third-order valence-corrected chi connectivity index (χ3v) is 4.25. The highest BCUT2D eigenvalue weighted by Crippen LogP contribution is 2.33. The van der Waals surface area contributed by atoms with Crippen molar-refractivity contribution in [1.29, 1.82) is 0 Å². The standard InChI is InChI=1S/C8H8N6O4S2/c1-13-7(9-3(15)5(17)11-13)19-20-8-10-4(16)6(18)12-14(8)2/h1-2H3,(H,11,17)(H,12,18). The van der Waals surface area contributed by atoms with Gasteiger partial charge in [-0.3, -0.25) is 9.59 Å². The van der Waals surface area contributed by atoms with E-state index in [1.54, 1.807) is 0 Å². The minimum atomic E-state index is -0.850. The molecule has 0 aliphatic carbocycles. The van der Waals surface area contributed by atoms with Gasteiger partial charge in [-0.2, -0.15) is 9.97 Å². The van der Waals surface area contributed by atoms with Crippen LogP contribution < -0.4 is 11.1 Å². The van der Waals surface area contributed by atoms with Crippen LogP contribution in [0.15, 0.2) is 19.9 Å². The monoisotopic (exact) mass is 316 g/mol. The van der Waals surface area contributed by atoms with Gasteiger partial charge < -0.3 is 10.2 Å². The van der Waals surface area contributed by atoms with Gasteiger partial charge in [0.25, 0.3) is 11.8 Å². The molecule has 0 amide bonds. The fourth-order valence-corrected chi connectivity index (χ4v) is 3.10. The van der Waals surface area contributed by atoms with Crippen molar-refractivity contribution in [2.75, 3.05) is 0 Å². The Labute approximate surface area is 118 Å². The lowest BCUT2D eigenvalue weighted by Gasteiger charge is -2.06. The Morgan fingerprint density at radius 2 is 1.20 bits per heavy atom. The van der Waals surface area contributed by atoms with Gasteiger partial charge in [-0.1, -0.05) is 0 Å². The molecule has 0 atom stereocenters. The first-order chi connectivity index (χ1) is 9.38. The largest absolute Gasteiger partial charge is 0.488 e. The molecule has 20 heavy (non-hydrogen) atoms. The number of rotatable bonds is 3. The summed E-state index contributed by atoms with van der Waals surface area (Å²) in [6, 6.07) is 0. The van der Waals surface area contributed by atoms with Crippen LogP contribution in [0.1, 0.15) is 0 Å². The Hall–Kier alpha value is -2.08. The van der Waals surface area contributed by atoms with E-state index in [1.165, 1.54) is 23.5 Å². The highest BCUT2D eigenvalue weighted by atomic mass is 33.1. The second-order valence-corrected chi connectivity index (χ2v) is 5.52. The first kappa shape index (κ1) is 14.3. The topological polar surface area (TPSA) is 136 Å². The average molecular weight is 316 g/mol. The van der Waals surface area contributed by atoms with Crippen LogP contribution in [0.4, 0.5) is 0 Å². The second-order valence-electron chi connectivity index (χ2n) is 3.46. The van der Waals surface area contributed by atoms with Gasteiger partial charge in [0.15, 0.2) is 10.3 Å². The number of aromatic hydroxyl groups is 2. The van der Waals surface area contributed by atoms with Crippen LogP contribution in [0.5, 0.6) is 11.8 Å². The summed E-state index contributed by atoms with van der Waals surface area (Å²) in [6.45, 7) is 0. The molecule has 0 spiro atoms. The summed E-state index contributed by atoms with van der Waals surface area (Å²) in [6.07, 6.45) is 0. The van der Waals surface area contributed by atoms with Crippen LogP contribution in [0.25, 0.3) is 0 Å². The maximum Gasteiger partial charge on any atom is 0.336 e. The van der Waals surface area contributed by atoms with E-state index >= 15 is 0 Å². The molecule has 0 radical (unpaired) electrons. The van der Waals surface area contributed by atoms with Crippen molar-refractivity contribution in [3.63, 3.8) is 0 Å². The predicted molar refractivity (Wildman–Crippen MR) is 69.6 cm³/mol. The van der Waals surface area contributed by atoms with Gasteiger partial charge in [0.05, 0.1) is 0 Å². The molecule has 0 saturated heterocycles. The molecule has 10 nitrogen and oxygen atoms in total. The third-order valence-electron chi connectivity index (χ3n) is 2.01. The van der Waals surface area contributed by atoms with E-state index in [1.807, 2.05) is 0 Å². The molecule has 12 heteroatoms. The molecule has 0 saturated carbocycles. The van der Waals surface area contributed by atoms with Gasteiger partial charge in [-0.15, -0.1) is 10.2 Å². The number of nitrogens with zero attached hydrogens (tertiary/aromatic N) is 6. The Morgan fingerprint density at radius 3 is 1.55 bits per heavy atom. The summed E-state index contributed by atoms with van der Waals surface area (Å²) in [5.41, 5.74) is -1.70. The van der Waals surface area contributed by atoms with E-state index in [9.17, 15) is 9.59 Å². The highest BCUT2D eigenvalue weighted by molar-refractivity contribution is 8.76. The normalized spacial score (nSPS) is 10.7. The molecule has 2 N–H and O–H groups in total. The van der Waals surface area contributed by atoms with Crippen molar-refractivity contribution >= 4 is 21.6 Å². The Kier molecular flexibility index (Phi) is 3.94. The van der Waals surface area contributed by atoms with E-state index in [0.717, 1.165) is 21.6 Å². The summed E-state index contributed by atoms with van der Waals surface area (Å²) >= 11 is 0. The molecule has 2 heterocycles. The lowest BCUT2D eigenvalue weighted by Crippen LogP contribution is -2.16. The van der Waals surface area contributed by atoms with Crippen molar-refractivity contribution in [3.05, 3.63) is 20.7 Å². The molecule has 0 aliphatic heterocycles. The van der Waals surface area contributed by atoms with E-state index < -0.39 is 22.9 Å². The molecule has 0 aliphatic rings. The summed E-state index contributed by atoms with van der Waals surface area (Å²) in [4.78, 5) is 29.6. The molecular formula is C8H8N6O4S2. The van der Waals surface area contributed by atoms with Gasteiger partial charge in [-0.05, 0) is 21.6 Å². The fraction of sp³-hybridized carbons (Fsp3) is 0.250. The Bertz CT molecular complexity index is 707.